The number of nitrogens with one attached hydrogen (secondary N) is 1. The van der Waals surface area contributed by atoms with Crippen LogP contribution in [0.2, 0.25) is 0 Å². The van der Waals surface area contributed by atoms with Gasteiger partial charge in [-0.2, -0.15) is 0 Å². The summed E-state index contributed by atoms with van der Waals surface area (Å²) in [5.41, 5.74) is 1.08. The van der Waals surface area contributed by atoms with Gasteiger partial charge in [0.1, 0.15) is 0 Å². The van der Waals surface area contributed by atoms with Crippen LogP contribution in [0.3, 0.4) is 0 Å². The summed E-state index contributed by atoms with van der Waals surface area (Å²) >= 11 is 0. The molecule has 1 aromatic heterocycles. The number of amides is 1. The standard InChI is InChI=1S/C18H23N3O4S/c1-26(23,24)21(11-9-17(22)20-13-15-7-4-12-25-15)16-8-2-5-14-6-3-10-19-18(14)16/h2-3,5-6,8,10,15H,4,7,9,11-13H2,1H3,(H,20,22). The first-order chi connectivity index (χ1) is 12.4. The maximum atomic E-state index is 12.3. The van der Waals surface area contributed by atoms with Gasteiger partial charge in [0.15, 0.2) is 0 Å². The number of anilines is 1. The van der Waals surface area contributed by atoms with E-state index in [-0.39, 0.29) is 25.0 Å². The summed E-state index contributed by atoms with van der Waals surface area (Å²) in [6, 6.07) is 9.05. The smallest absolute Gasteiger partial charge is 0.232 e. The van der Waals surface area contributed by atoms with Crippen LogP contribution in [0.15, 0.2) is 36.5 Å². The molecule has 1 aromatic carbocycles. The Bertz CT molecular complexity index is 874. The van der Waals surface area contributed by atoms with Gasteiger partial charge >= 0.3 is 0 Å². The number of rotatable bonds is 7. The Kier molecular flexibility index (Phi) is 5.73. The Morgan fingerprint density at radius 3 is 2.88 bits per heavy atom. The molecular weight excluding hydrogens is 354 g/mol. The summed E-state index contributed by atoms with van der Waals surface area (Å²) in [6.45, 7) is 1.26. The minimum atomic E-state index is -3.55. The van der Waals surface area contributed by atoms with E-state index in [1.165, 1.54) is 4.31 Å². The first-order valence-electron chi connectivity index (χ1n) is 8.65. The maximum Gasteiger partial charge on any atom is 0.232 e. The monoisotopic (exact) mass is 377 g/mol. The Morgan fingerprint density at radius 1 is 1.35 bits per heavy atom. The highest BCUT2D eigenvalue weighted by molar-refractivity contribution is 7.92. The second kappa shape index (κ2) is 8.01. The maximum absolute atomic E-state index is 12.3. The van der Waals surface area contributed by atoms with Crippen LogP contribution >= 0.6 is 0 Å². The summed E-state index contributed by atoms with van der Waals surface area (Å²) in [7, 11) is -3.55. The number of benzene rings is 1. The first kappa shape index (κ1) is 18.6. The van der Waals surface area contributed by atoms with Crippen LogP contribution in [-0.4, -0.2) is 51.4 Å². The summed E-state index contributed by atoms with van der Waals surface area (Å²) in [4.78, 5) is 16.4. The molecule has 7 nitrogen and oxygen atoms in total. The van der Waals surface area contributed by atoms with Crippen LogP contribution in [0.5, 0.6) is 0 Å². The zero-order chi connectivity index (χ0) is 18.6. The van der Waals surface area contributed by atoms with Crippen molar-refractivity contribution in [1.29, 1.82) is 0 Å². The molecule has 1 fully saturated rings. The first-order valence-corrected chi connectivity index (χ1v) is 10.5. The van der Waals surface area contributed by atoms with Crippen molar-refractivity contribution in [1.82, 2.24) is 10.3 Å². The molecule has 1 amide bonds. The molecule has 140 valence electrons. The molecule has 2 heterocycles. The van der Waals surface area contributed by atoms with E-state index in [2.05, 4.69) is 10.3 Å². The van der Waals surface area contributed by atoms with Crippen molar-refractivity contribution in [2.75, 3.05) is 30.3 Å². The molecule has 0 spiro atoms. The van der Waals surface area contributed by atoms with Gasteiger partial charge in [0.2, 0.25) is 15.9 Å². The fourth-order valence-electron chi connectivity index (χ4n) is 3.08. The number of fused-ring (bicyclic) bond motifs is 1. The lowest BCUT2D eigenvalue weighted by molar-refractivity contribution is -0.121. The highest BCUT2D eigenvalue weighted by Gasteiger charge is 2.22. The number of nitrogens with zero attached hydrogens (tertiary/aromatic N) is 2. The number of pyridine rings is 1. The quantitative estimate of drug-likeness (QED) is 0.793. The van der Waals surface area contributed by atoms with Gasteiger partial charge in [-0.3, -0.25) is 14.1 Å². The molecule has 0 radical (unpaired) electrons. The largest absolute Gasteiger partial charge is 0.376 e. The SMILES string of the molecule is CS(=O)(=O)N(CCC(=O)NCC1CCCO1)c1cccc2cccnc12. The molecule has 2 aromatic rings. The molecule has 3 rings (SSSR count). The minimum Gasteiger partial charge on any atom is -0.376 e. The third kappa shape index (κ3) is 4.50. The molecule has 1 aliphatic heterocycles. The second-order valence-corrected chi connectivity index (χ2v) is 8.28. The molecule has 8 heteroatoms. The Balaban J connectivity index is 1.71. The zero-order valence-electron chi connectivity index (χ0n) is 14.7. The average Bonchev–Trinajstić information content (AvgIpc) is 3.13. The van der Waals surface area contributed by atoms with Crippen molar-refractivity contribution in [3.63, 3.8) is 0 Å². The molecule has 0 aliphatic carbocycles. The number of aromatic nitrogens is 1. The van der Waals surface area contributed by atoms with Crippen LogP contribution in [-0.2, 0) is 19.6 Å². The fourth-order valence-corrected chi connectivity index (χ4v) is 4.01. The van der Waals surface area contributed by atoms with Crippen molar-refractivity contribution in [3.8, 4) is 0 Å². The Morgan fingerprint density at radius 2 is 2.15 bits per heavy atom. The molecule has 0 saturated carbocycles. The van der Waals surface area contributed by atoms with Crippen molar-refractivity contribution >= 4 is 32.5 Å². The van der Waals surface area contributed by atoms with Crippen molar-refractivity contribution in [2.24, 2.45) is 0 Å². The fraction of sp³-hybridized carbons (Fsp3) is 0.444. The molecule has 26 heavy (non-hydrogen) atoms. The number of para-hydroxylation sites is 1. The lowest BCUT2D eigenvalue weighted by atomic mass is 10.2. The van der Waals surface area contributed by atoms with Crippen LogP contribution in [0.25, 0.3) is 10.9 Å². The van der Waals surface area contributed by atoms with E-state index >= 15 is 0 Å². The van der Waals surface area contributed by atoms with Gasteiger partial charge in [-0.05, 0) is 25.0 Å². The van der Waals surface area contributed by atoms with E-state index in [9.17, 15) is 13.2 Å². The van der Waals surface area contributed by atoms with Crippen LogP contribution in [0, 0.1) is 0 Å². The van der Waals surface area contributed by atoms with E-state index in [4.69, 9.17) is 4.74 Å². The van der Waals surface area contributed by atoms with Gasteiger partial charge in [0.25, 0.3) is 0 Å². The van der Waals surface area contributed by atoms with E-state index in [1.54, 1.807) is 24.4 Å². The number of hydrogen-bond donors (Lipinski definition) is 1. The Hall–Kier alpha value is -2.19. The van der Waals surface area contributed by atoms with Crippen molar-refractivity contribution in [2.45, 2.75) is 25.4 Å². The summed E-state index contributed by atoms with van der Waals surface area (Å²) in [5, 5.41) is 3.67. The molecular formula is C18H23N3O4S. The van der Waals surface area contributed by atoms with Gasteiger partial charge in [0, 0.05) is 37.7 Å². The van der Waals surface area contributed by atoms with E-state index in [0.29, 0.717) is 17.7 Å². The van der Waals surface area contributed by atoms with E-state index < -0.39 is 10.0 Å². The third-order valence-corrected chi connectivity index (χ3v) is 5.55. The molecule has 1 saturated heterocycles. The zero-order valence-corrected chi connectivity index (χ0v) is 15.5. The Labute approximate surface area is 153 Å². The lowest BCUT2D eigenvalue weighted by Crippen LogP contribution is -2.37. The molecule has 1 aliphatic rings. The highest BCUT2D eigenvalue weighted by Crippen LogP contribution is 2.26. The van der Waals surface area contributed by atoms with Crippen LogP contribution in [0.4, 0.5) is 5.69 Å². The normalized spacial score (nSPS) is 17.3. The van der Waals surface area contributed by atoms with Gasteiger partial charge < -0.3 is 10.1 Å². The number of carbonyl (C=O) groups is 1. The third-order valence-electron chi connectivity index (χ3n) is 4.37. The summed E-state index contributed by atoms with van der Waals surface area (Å²) < 4.78 is 31.3. The number of sulfonamides is 1. The average molecular weight is 377 g/mol. The molecule has 1 atom stereocenters. The predicted molar refractivity (Wildman–Crippen MR) is 101 cm³/mol. The minimum absolute atomic E-state index is 0.0614. The van der Waals surface area contributed by atoms with Crippen molar-refractivity contribution < 1.29 is 17.9 Å². The predicted octanol–water partition coefficient (Wildman–Crippen LogP) is 1.69. The van der Waals surface area contributed by atoms with Gasteiger partial charge in [0.05, 0.1) is 23.6 Å². The van der Waals surface area contributed by atoms with Gasteiger partial charge in [-0.15, -0.1) is 0 Å². The summed E-state index contributed by atoms with van der Waals surface area (Å²) in [6.07, 6.45) is 4.85. The van der Waals surface area contributed by atoms with E-state index in [0.717, 1.165) is 31.1 Å². The molecule has 1 unspecified atom stereocenters. The number of ether oxygens (including phenoxy) is 1. The molecule has 1 N–H and O–H groups in total. The van der Waals surface area contributed by atoms with Crippen LogP contribution < -0.4 is 9.62 Å². The van der Waals surface area contributed by atoms with Crippen molar-refractivity contribution in [3.05, 3.63) is 36.5 Å². The highest BCUT2D eigenvalue weighted by atomic mass is 32.2. The lowest BCUT2D eigenvalue weighted by Gasteiger charge is -2.23. The second-order valence-electron chi connectivity index (χ2n) is 6.38. The molecule has 0 bridgehead atoms. The topological polar surface area (TPSA) is 88.6 Å². The summed E-state index contributed by atoms with van der Waals surface area (Å²) in [5.74, 6) is -0.192. The van der Waals surface area contributed by atoms with E-state index in [1.807, 2.05) is 12.1 Å². The van der Waals surface area contributed by atoms with Gasteiger partial charge in [-0.1, -0.05) is 18.2 Å². The number of hydrogen-bond acceptors (Lipinski definition) is 5. The van der Waals surface area contributed by atoms with Gasteiger partial charge in [-0.25, -0.2) is 8.42 Å². The van der Waals surface area contributed by atoms with Crippen LogP contribution in [0.1, 0.15) is 19.3 Å². The number of carbonyl (C=O) groups excluding carboxylic acids is 1.